The Balaban J connectivity index is 1.85. The molecule has 1 saturated heterocycles. The summed E-state index contributed by atoms with van der Waals surface area (Å²) in [7, 11) is 0. The van der Waals surface area contributed by atoms with Gasteiger partial charge in [-0.05, 0) is 0 Å². The number of thiazole rings is 1. The fraction of sp³-hybridized carbons (Fsp3) is 0.400. The number of imidazole rings is 1. The van der Waals surface area contributed by atoms with Crippen molar-refractivity contribution in [1.29, 1.82) is 0 Å². The molecule has 17 heavy (non-hydrogen) atoms. The summed E-state index contributed by atoms with van der Waals surface area (Å²) >= 11 is 7.62. The van der Waals surface area contributed by atoms with Crippen LogP contribution in [-0.4, -0.2) is 46.9 Å². The van der Waals surface area contributed by atoms with Crippen LogP contribution in [0.15, 0.2) is 16.7 Å². The highest BCUT2D eigenvalue weighted by Crippen LogP contribution is 2.19. The molecule has 0 N–H and O–H groups in total. The van der Waals surface area contributed by atoms with Gasteiger partial charge in [0.15, 0.2) is 10.1 Å². The van der Waals surface area contributed by atoms with E-state index < -0.39 is 0 Å². The third-order valence-corrected chi connectivity index (χ3v) is 3.62. The zero-order valence-corrected chi connectivity index (χ0v) is 10.6. The van der Waals surface area contributed by atoms with Gasteiger partial charge >= 0.3 is 0 Å². The van der Waals surface area contributed by atoms with E-state index in [4.69, 9.17) is 16.3 Å². The number of hydrazone groups is 1. The molecule has 3 heterocycles. The van der Waals surface area contributed by atoms with Gasteiger partial charge in [0, 0.05) is 11.6 Å². The third-order valence-electron chi connectivity index (χ3n) is 2.58. The fourth-order valence-corrected chi connectivity index (χ4v) is 2.69. The number of morpholine rings is 1. The SMILES string of the molecule is Clc1nc2sccn2c1/C=N\N1CCOCC1. The predicted octanol–water partition coefficient (Wildman–Crippen LogP) is 1.72. The Labute approximate surface area is 107 Å². The van der Waals surface area contributed by atoms with Crippen molar-refractivity contribution >= 4 is 34.1 Å². The lowest BCUT2D eigenvalue weighted by Crippen LogP contribution is -2.32. The average molecular weight is 271 g/mol. The van der Waals surface area contributed by atoms with Crippen LogP contribution in [0.25, 0.3) is 4.96 Å². The lowest BCUT2D eigenvalue weighted by Gasteiger charge is -2.23. The summed E-state index contributed by atoms with van der Waals surface area (Å²) in [5, 5.41) is 8.85. The minimum Gasteiger partial charge on any atom is -0.378 e. The van der Waals surface area contributed by atoms with Crippen LogP contribution >= 0.6 is 22.9 Å². The van der Waals surface area contributed by atoms with Crippen molar-refractivity contribution in [3.63, 3.8) is 0 Å². The van der Waals surface area contributed by atoms with Crippen molar-refractivity contribution in [3.8, 4) is 0 Å². The fourth-order valence-electron chi connectivity index (χ4n) is 1.70. The second kappa shape index (κ2) is 4.64. The average Bonchev–Trinajstić information content (AvgIpc) is 2.89. The maximum absolute atomic E-state index is 6.07. The van der Waals surface area contributed by atoms with Crippen LogP contribution in [0.2, 0.25) is 5.15 Å². The first-order valence-corrected chi connectivity index (χ1v) is 6.58. The Morgan fingerprint density at radius 2 is 2.29 bits per heavy atom. The van der Waals surface area contributed by atoms with E-state index in [1.54, 1.807) is 17.6 Å². The molecule has 0 atom stereocenters. The molecule has 0 aliphatic carbocycles. The summed E-state index contributed by atoms with van der Waals surface area (Å²) in [5.74, 6) is 0. The normalized spacial score (nSPS) is 17.4. The molecule has 3 rings (SSSR count). The van der Waals surface area contributed by atoms with Gasteiger partial charge in [0.1, 0.15) is 5.69 Å². The lowest BCUT2D eigenvalue weighted by molar-refractivity contribution is 0.0396. The highest BCUT2D eigenvalue weighted by atomic mass is 35.5. The van der Waals surface area contributed by atoms with Crippen molar-refractivity contribution in [2.45, 2.75) is 0 Å². The number of halogens is 1. The van der Waals surface area contributed by atoms with Gasteiger partial charge < -0.3 is 4.74 Å². The molecule has 0 radical (unpaired) electrons. The molecule has 1 aliphatic rings. The molecule has 1 aliphatic heterocycles. The number of aromatic nitrogens is 2. The number of nitrogens with zero attached hydrogens (tertiary/aromatic N) is 4. The summed E-state index contributed by atoms with van der Waals surface area (Å²) in [4.78, 5) is 5.14. The van der Waals surface area contributed by atoms with Gasteiger partial charge in [0.25, 0.3) is 0 Å². The molecule has 0 bridgehead atoms. The van der Waals surface area contributed by atoms with Crippen LogP contribution in [0.5, 0.6) is 0 Å². The quantitative estimate of drug-likeness (QED) is 0.781. The molecule has 7 heteroatoms. The monoisotopic (exact) mass is 270 g/mol. The largest absolute Gasteiger partial charge is 0.378 e. The smallest absolute Gasteiger partial charge is 0.195 e. The van der Waals surface area contributed by atoms with Gasteiger partial charge in [-0.1, -0.05) is 11.6 Å². The summed E-state index contributed by atoms with van der Waals surface area (Å²) in [6, 6.07) is 0. The molecule has 0 amide bonds. The molecule has 0 unspecified atom stereocenters. The first kappa shape index (κ1) is 11.0. The van der Waals surface area contributed by atoms with E-state index in [0.717, 1.165) is 37.0 Å². The predicted molar refractivity (Wildman–Crippen MR) is 68.1 cm³/mol. The Kier molecular flexibility index (Phi) is 3.00. The second-order valence-corrected chi connectivity index (χ2v) is 4.89. The summed E-state index contributed by atoms with van der Waals surface area (Å²) in [5.41, 5.74) is 0.828. The van der Waals surface area contributed by atoms with E-state index >= 15 is 0 Å². The minimum absolute atomic E-state index is 0.494. The molecule has 1 fully saturated rings. The maximum atomic E-state index is 6.07. The zero-order chi connectivity index (χ0) is 11.7. The highest BCUT2D eigenvalue weighted by Gasteiger charge is 2.11. The van der Waals surface area contributed by atoms with E-state index in [9.17, 15) is 0 Å². The number of ether oxygens (including phenoxy) is 1. The van der Waals surface area contributed by atoms with Gasteiger partial charge in [0.2, 0.25) is 0 Å². The van der Waals surface area contributed by atoms with E-state index in [2.05, 4.69) is 10.1 Å². The van der Waals surface area contributed by atoms with Gasteiger partial charge in [-0.15, -0.1) is 11.3 Å². The number of hydrogen-bond acceptors (Lipinski definition) is 5. The van der Waals surface area contributed by atoms with Crippen LogP contribution in [0.3, 0.4) is 0 Å². The molecule has 2 aromatic rings. The third kappa shape index (κ3) is 2.15. The molecule has 5 nitrogen and oxygen atoms in total. The van der Waals surface area contributed by atoms with E-state index in [0.29, 0.717) is 5.15 Å². The molecular formula is C10H11ClN4OS. The zero-order valence-electron chi connectivity index (χ0n) is 9.04. The molecule has 0 aromatic carbocycles. The molecule has 0 saturated carbocycles. The van der Waals surface area contributed by atoms with E-state index in [-0.39, 0.29) is 0 Å². The summed E-state index contributed by atoms with van der Waals surface area (Å²) < 4.78 is 7.20. The van der Waals surface area contributed by atoms with Gasteiger partial charge in [0.05, 0.1) is 32.5 Å². The first-order chi connectivity index (χ1) is 8.34. The number of fused-ring (bicyclic) bond motifs is 1. The summed E-state index contributed by atoms with van der Waals surface area (Å²) in [6.45, 7) is 3.09. The molecule has 0 spiro atoms. The van der Waals surface area contributed by atoms with Crippen molar-refractivity contribution in [1.82, 2.24) is 14.4 Å². The van der Waals surface area contributed by atoms with E-state index in [1.165, 1.54) is 0 Å². The second-order valence-electron chi connectivity index (χ2n) is 3.65. The topological polar surface area (TPSA) is 42.1 Å². The summed E-state index contributed by atoms with van der Waals surface area (Å²) in [6.07, 6.45) is 3.71. The minimum atomic E-state index is 0.494. The number of rotatable bonds is 2. The number of hydrogen-bond donors (Lipinski definition) is 0. The van der Waals surface area contributed by atoms with Crippen LogP contribution < -0.4 is 0 Å². The van der Waals surface area contributed by atoms with Crippen LogP contribution in [0.1, 0.15) is 5.69 Å². The van der Waals surface area contributed by atoms with Crippen molar-refractivity contribution in [2.24, 2.45) is 5.10 Å². The van der Waals surface area contributed by atoms with Gasteiger partial charge in [-0.2, -0.15) is 5.10 Å². The standard InChI is InChI=1S/C10H11ClN4OS/c11-9-8(15-3-6-17-10(15)13-9)7-12-14-1-4-16-5-2-14/h3,6-7H,1-2,4-5H2/b12-7-. The van der Waals surface area contributed by atoms with Crippen LogP contribution in [-0.2, 0) is 4.74 Å². The van der Waals surface area contributed by atoms with Crippen LogP contribution in [0, 0.1) is 0 Å². The Morgan fingerprint density at radius 1 is 1.47 bits per heavy atom. The van der Waals surface area contributed by atoms with Crippen molar-refractivity contribution in [2.75, 3.05) is 26.3 Å². The van der Waals surface area contributed by atoms with Crippen molar-refractivity contribution in [3.05, 3.63) is 22.4 Å². The van der Waals surface area contributed by atoms with Crippen molar-refractivity contribution < 1.29 is 4.74 Å². The molecular weight excluding hydrogens is 260 g/mol. The Morgan fingerprint density at radius 3 is 3.12 bits per heavy atom. The first-order valence-electron chi connectivity index (χ1n) is 5.32. The van der Waals surface area contributed by atoms with Crippen LogP contribution in [0.4, 0.5) is 0 Å². The molecule has 2 aromatic heterocycles. The Bertz CT molecular complexity index is 543. The maximum Gasteiger partial charge on any atom is 0.195 e. The van der Waals surface area contributed by atoms with E-state index in [1.807, 2.05) is 21.0 Å². The van der Waals surface area contributed by atoms with Gasteiger partial charge in [-0.3, -0.25) is 9.41 Å². The highest BCUT2D eigenvalue weighted by molar-refractivity contribution is 7.15. The molecule has 90 valence electrons. The van der Waals surface area contributed by atoms with Gasteiger partial charge in [-0.25, -0.2) is 4.98 Å². The lowest BCUT2D eigenvalue weighted by atomic mass is 10.5. The Hall–Kier alpha value is -1.11.